The van der Waals surface area contributed by atoms with Crippen molar-refractivity contribution in [1.29, 1.82) is 0 Å². The van der Waals surface area contributed by atoms with Gasteiger partial charge in [0.2, 0.25) is 5.91 Å². The average Bonchev–Trinajstić information content (AvgIpc) is 3.67. The number of para-hydroxylation sites is 1. The summed E-state index contributed by atoms with van der Waals surface area (Å²) in [5, 5.41) is 6.99. The minimum atomic E-state index is -0.0222. The summed E-state index contributed by atoms with van der Waals surface area (Å²) in [6.45, 7) is 4.02. The highest BCUT2D eigenvalue weighted by Crippen LogP contribution is 2.26. The Balaban J connectivity index is 1.21. The number of rotatable bonds is 7. The summed E-state index contributed by atoms with van der Waals surface area (Å²) >= 11 is 0. The molecule has 2 heterocycles. The molecule has 5 rings (SSSR count). The van der Waals surface area contributed by atoms with Gasteiger partial charge >= 0.3 is 0 Å². The first-order chi connectivity index (χ1) is 16.2. The number of pyridine rings is 1. The van der Waals surface area contributed by atoms with Crippen molar-refractivity contribution in [3.63, 3.8) is 0 Å². The normalized spacial score (nSPS) is 16.5. The van der Waals surface area contributed by atoms with Crippen molar-refractivity contribution in [1.82, 2.24) is 20.5 Å². The molecule has 1 aromatic heterocycles. The van der Waals surface area contributed by atoms with Crippen LogP contribution < -0.4 is 15.5 Å². The molecule has 0 radical (unpaired) electrons. The molecule has 7 heteroatoms. The number of hydrogen-bond donors (Lipinski definition) is 2. The van der Waals surface area contributed by atoms with Gasteiger partial charge in [-0.05, 0) is 30.5 Å². The smallest absolute Gasteiger partial charge is 0.252 e. The van der Waals surface area contributed by atoms with Crippen LogP contribution in [0.5, 0.6) is 0 Å². The summed E-state index contributed by atoms with van der Waals surface area (Å²) in [6.07, 6.45) is 2.12. The van der Waals surface area contributed by atoms with Crippen LogP contribution in [0.15, 0.2) is 60.7 Å². The number of aromatic nitrogens is 1. The van der Waals surface area contributed by atoms with Gasteiger partial charge in [0.15, 0.2) is 0 Å². The molecule has 7 nitrogen and oxygen atoms in total. The van der Waals surface area contributed by atoms with Gasteiger partial charge in [0.05, 0.1) is 17.6 Å². The standard InChI is InChI=1S/C26H29N5O2/c32-25(27-17-19-6-2-1-3-7-19)18-30-12-14-31(15-13-30)24-16-22(26(33)28-20-10-11-20)21-8-4-5-9-23(21)29-24/h1-9,16,20H,10-15,17-18H2,(H,27,32)(H,28,33). The van der Waals surface area contributed by atoms with Crippen LogP contribution in [-0.2, 0) is 11.3 Å². The van der Waals surface area contributed by atoms with Gasteiger partial charge in [-0.3, -0.25) is 14.5 Å². The topological polar surface area (TPSA) is 77.6 Å². The van der Waals surface area contributed by atoms with E-state index in [1.54, 1.807) is 0 Å². The third-order valence-electron chi connectivity index (χ3n) is 6.26. The summed E-state index contributed by atoms with van der Waals surface area (Å²) in [6, 6.07) is 20.0. The number of carbonyl (C=O) groups is 2. The number of fused-ring (bicyclic) bond motifs is 1. The first kappa shape index (κ1) is 21.4. The fraction of sp³-hybridized carbons (Fsp3) is 0.346. The maximum Gasteiger partial charge on any atom is 0.252 e. The van der Waals surface area contributed by atoms with Crippen LogP contribution in [0.1, 0.15) is 28.8 Å². The highest BCUT2D eigenvalue weighted by molar-refractivity contribution is 6.07. The summed E-state index contributed by atoms with van der Waals surface area (Å²) in [7, 11) is 0. The first-order valence-corrected chi connectivity index (χ1v) is 11.6. The van der Waals surface area contributed by atoms with E-state index in [1.807, 2.05) is 60.7 Å². The zero-order chi connectivity index (χ0) is 22.6. The van der Waals surface area contributed by atoms with Crippen LogP contribution >= 0.6 is 0 Å². The molecule has 3 aromatic rings. The highest BCUT2D eigenvalue weighted by atomic mass is 16.2. The molecule has 2 N–H and O–H groups in total. The van der Waals surface area contributed by atoms with E-state index >= 15 is 0 Å². The quantitative estimate of drug-likeness (QED) is 0.587. The van der Waals surface area contributed by atoms with Gasteiger partial charge in [0, 0.05) is 44.2 Å². The van der Waals surface area contributed by atoms with Gasteiger partial charge in [-0.2, -0.15) is 0 Å². The summed E-state index contributed by atoms with van der Waals surface area (Å²) < 4.78 is 0. The second-order valence-electron chi connectivity index (χ2n) is 8.82. The largest absolute Gasteiger partial charge is 0.354 e. The number of benzene rings is 2. The molecule has 0 bridgehead atoms. The molecule has 1 aliphatic heterocycles. The fourth-order valence-electron chi connectivity index (χ4n) is 4.19. The molecule has 2 aliphatic rings. The molecule has 2 fully saturated rings. The van der Waals surface area contributed by atoms with Crippen molar-refractivity contribution >= 4 is 28.5 Å². The van der Waals surface area contributed by atoms with Crippen molar-refractivity contribution in [2.45, 2.75) is 25.4 Å². The SMILES string of the molecule is O=C(CN1CCN(c2cc(C(=O)NC3CC3)c3ccccc3n2)CC1)NCc1ccccc1. The fourth-order valence-corrected chi connectivity index (χ4v) is 4.19. The number of hydrogen-bond acceptors (Lipinski definition) is 5. The van der Waals surface area contributed by atoms with E-state index in [1.165, 1.54) is 0 Å². The van der Waals surface area contributed by atoms with Crippen LogP contribution in [0.4, 0.5) is 5.82 Å². The minimum absolute atomic E-state index is 0.0222. The van der Waals surface area contributed by atoms with Gasteiger partial charge < -0.3 is 15.5 Å². The van der Waals surface area contributed by atoms with Gasteiger partial charge in [-0.25, -0.2) is 4.98 Å². The van der Waals surface area contributed by atoms with Crippen molar-refractivity contribution in [3.05, 3.63) is 71.8 Å². The minimum Gasteiger partial charge on any atom is -0.354 e. The number of anilines is 1. The average molecular weight is 444 g/mol. The van der Waals surface area contributed by atoms with E-state index in [2.05, 4.69) is 20.4 Å². The number of carbonyl (C=O) groups excluding carboxylic acids is 2. The lowest BCUT2D eigenvalue weighted by atomic mass is 10.1. The number of amides is 2. The third-order valence-corrected chi connectivity index (χ3v) is 6.26. The lowest BCUT2D eigenvalue weighted by molar-refractivity contribution is -0.122. The van der Waals surface area contributed by atoms with Gasteiger partial charge in [-0.1, -0.05) is 48.5 Å². The molecule has 2 aromatic carbocycles. The molecular formula is C26H29N5O2. The molecule has 33 heavy (non-hydrogen) atoms. The molecule has 0 atom stereocenters. The number of piperazine rings is 1. The van der Waals surface area contributed by atoms with Crippen molar-refractivity contribution < 1.29 is 9.59 Å². The molecule has 0 unspecified atom stereocenters. The first-order valence-electron chi connectivity index (χ1n) is 11.6. The molecule has 1 saturated carbocycles. The van der Waals surface area contributed by atoms with E-state index < -0.39 is 0 Å². The Kier molecular flexibility index (Phi) is 6.21. The Labute approximate surface area is 193 Å². The maximum atomic E-state index is 12.9. The second-order valence-corrected chi connectivity index (χ2v) is 8.82. The Bertz CT molecular complexity index is 1140. The monoisotopic (exact) mass is 443 g/mol. The van der Waals surface area contributed by atoms with Crippen LogP contribution in [0.25, 0.3) is 10.9 Å². The van der Waals surface area contributed by atoms with E-state index in [-0.39, 0.29) is 11.8 Å². The predicted octanol–water partition coefficient (Wildman–Crippen LogP) is 2.57. The van der Waals surface area contributed by atoms with Crippen LogP contribution in [0.2, 0.25) is 0 Å². The van der Waals surface area contributed by atoms with Gasteiger partial charge in [-0.15, -0.1) is 0 Å². The van der Waals surface area contributed by atoms with E-state index in [0.29, 0.717) is 24.7 Å². The zero-order valence-electron chi connectivity index (χ0n) is 18.7. The van der Waals surface area contributed by atoms with Gasteiger partial charge in [0.1, 0.15) is 5.82 Å². The van der Waals surface area contributed by atoms with E-state index in [9.17, 15) is 9.59 Å². The number of nitrogens with zero attached hydrogens (tertiary/aromatic N) is 3. The number of nitrogens with one attached hydrogen (secondary N) is 2. The van der Waals surface area contributed by atoms with E-state index in [4.69, 9.17) is 4.98 Å². The maximum absolute atomic E-state index is 12.9. The van der Waals surface area contributed by atoms with Crippen molar-refractivity contribution in [3.8, 4) is 0 Å². The molecule has 2 amide bonds. The third kappa shape index (κ3) is 5.31. The second kappa shape index (κ2) is 9.58. The lowest BCUT2D eigenvalue weighted by Crippen LogP contribution is -2.49. The molecular weight excluding hydrogens is 414 g/mol. The van der Waals surface area contributed by atoms with E-state index in [0.717, 1.165) is 61.3 Å². The van der Waals surface area contributed by atoms with Crippen molar-refractivity contribution in [2.24, 2.45) is 0 Å². The van der Waals surface area contributed by atoms with Gasteiger partial charge in [0.25, 0.3) is 5.91 Å². The highest BCUT2D eigenvalue weighted by Gasteiger charge is 2.26. The van der Waals surface area contributed by atoms with Crippen LogP contribution in [-0.4, -0.2) is 60.5 Å². The molecule has 1 saturated heterocycles. The Hall–Kier alpha value is -3.45. The molecule has 1 aliphatic carbocycles. The predicted molar refractivity (Wildman–Crippen MR) is 129 cm³/mol. The summed E-state index contributed by atoms with van der Waals surface area (Å²) in [4.78, 5) is 34.4. The van der Waals surface area contributed by atoms with Crippen LogP contribution in [0, 0.1) is 0 Å². The summed E-state index contributed by atoms with van der Waals surface area (Å²) in [5.41, 5.74) is 2.61. The molecule has 0 spiro atoms. The molecule has 170 valence electrons. The Morgan fingerprint density at radius 3 is 2.42 bits per heavy atom. The summed E-state index contributed by atoms with van der Waals surface area (Å²) in [5.74, 6) is 0.837. The van der Waals surface area contributed by atoms with Crippen LogP contribution in [0.3, 0.4) is 0 Å². The Morgan fingerprint density at radius 1 is 0.939 bits per heavy atom. The lowest BCUT2D eigenvalue weighted by Gasteiger charge is -2.35. The Morgan fingerprint density at radius 2 is 1.67 bits per heavy atom. The van der Waals surface area contributed by atoms with Crippen molar-refractivity contribution in [2.75, 3.05) is 37.6 Å². The zero-order valence-corrected chi connectivity index (χ0v) is 18.7.